The van der Waals surface area contributed by atoms with Gasteiger partial charge in [-0.2, -0.15) is 0 Å². The molecule has 110 valence electrons. The lowest BCUT2D eigenvalue weighted by Gasteiger charge is -2.18. The first-order chi connectivity index (χ1) is 8.56. The molecule has 0 atom stereocenters. The summed E-state index contributed by atoms with van der Waals surface area (Å²) in [5.74, 6) is 0. The van der Waals surface area contributed by atoms with Crippen LogP contribution in [0.3, 0.4) is 0 Å². The quantitative estimate of drug-likeness (QED) is 0.546. The SMILES string of the molecule is CCCOCCOCCOCCNCC(C)(C)C. The third kappa shape index (κ3) is 15.8. The zero-order valence-corrected chi connectivity index (χ0v) is 12.6. The van der Waals surface area contributed by atoms with E-state index in [-0.39, 0.29) is 0 Å². The summed E-state index contributed by atoms with van der Waals surface area (Å²) in [6, 6.07) is 0. The van der Waals surface area contributed by atoms with Gasteiger partial charge in [0.2, 0.25) is 0 Å². The van der Waals surface area contributed by atoms with Gasteiger partial charge in [0.15, 0.2) is 0 Å². The molecule has 4 heteroatoms. The van der Waals surface area contributed by atoms with Crippen LogP contribution in [0, 0.1) is 5.41 Å². The van der Waals surface area contributed by atoms with Crippen molar-refractivity contribution in [1.29, 1.82) is 0 Å². The Morgan fingerprint density at radius 3 is 1.78 bits per heavy atom. The summed E-state index contributed by atoms with van der Waals surface area (Å²) in [6.45, 7) is 14.9. The zero-order chi connectivity index (χ0) is 13.7. The van der Waals surface area contributed by atoms with Crippen molar-refractivity contribution in [2.75, 3.05) is 52.7 Å². The van der Waals surface area contributed by atoms with Crippen molar-refractivity contribution in [3.05, 3.63) is 0 Å². The number of nitrogens with one attached hydrogen (secondary N) is 1. The molecule has 0 aromatic rings. The largest absolute Gasteiger partial charge is 0.379 e. The van der Waals surface area contributed by atoms with E-state index in [9.17, 15) is 0 Å². The molecule has 0 bridgehead atoms. The van der Waals surface area contributed by atoms with Gasteiger partial charge in [-0.05, 0) is 11.8 Å². The average Bonchev–Trinajstić information content (AvgIpc) is 2.29. The van der Waals surface area contributed by atoms with Gasteiger partial charge in [-0.25, -0.2) is 0 Å². The fourth-order valence-electron chi connectivity index (χ4n) is 1.29. The molecule has 0 saturated heterocycles. The Balaban J connectivity index is 2.99. The van der Waals surface area contributed by atoms with Crippen LogP contribution in [-0.4, -0.2) is 52.7 Å². The molecule has 0 aliphatic rings. The van der Waals surface area contributed by atoms with Gasteiger partial charge in [0.1, 0.15) is 0 Å². The minimum Gasteiger partial charge on any atom is -0.379 e. The van der Waals surface area contributed by atoms with Crippen LogP contribution in [0.15, 0.2) is 0 Å². The van der Waals surface area contributed by atoms with E-state index < -0.39 is 0 Å². The minimum absolute atomic E-state index is 0.335. The maximum atomic E-state index is 5.45. The molecule has 0 aliphatic carbocycles. The van der Waals surface area contributed by atoms with Crippen molar-refractivity contribution in [2.24, 2.45) is 5.41 Å². The summed E-state index contributed by atoms with van der Waals surface area (Å²) in [7, 11) is 0. The molecule has 0 spiro atoms. The average molecular weight is 261 g/mol. The molecule has 0 amide bonds. The zero-order valence-electron chi connectivity index (χ0n) is 12.6. The molecule has 0 aliphatic heterocycles. The third-order valence-electron chi connectivity index (χ3n) is 2.17. The number of rotatable bonds is 12. The Morgan fingerprint density at radius 1 is 0.778 bits per heavy atom. The van der Waals surface area contributed by atoms with E-state index in [0.29, 0.717) is 31.8 Å². The van der Waals surface area contributed by atoms with Gasteiger partial charge in [-0.1, -0.05) is 27.7 Å². The maximum absolute atomic E-state index is 5.45. The highest BCUT2D eigenvalue weighted by Gasteiger charge is 2.07. The first-order valence-electron chi connectivity index (χ1n) is 7.00. The monoisotopic (exact) mass is 261 g/mol. The lowest BCUT2D eigenvalue weighted by molar-refractivity contribution is 0.0151. The molecule has 0 fully saturated rings. The number of hydrogen-bond donors (Lipinski definition) is 1. The molecule has 0 saturated carbocycles. The van der Waals surface area contributed by atoms with E-state index in [4.69, 9.17) is 14.2 Å². The van der Waals surface area contributed by atoms with E-state index in [1.54, 1.807) is 0 Å². The summed E-state index contributed by atoms with van der Waals surface area (Å²) >= 11 is 0. The van der Waals surface area contributed by atoms with Gasteiger partial charge in [0, 0.05) is 19.7 Å². The first-order valence-corrected chi connectivity index (χ1v) is 7.00. The highest BCUT2D eigenvalue weighted by Crippen LogP contribution is 2.09. The van der Waals surface area contributed by atoms with Gasteiger partial charge in [0.25, 0.3) is 0 Å². The smallest absolute Gasteiger partial charge is 0.0701 e. The fourth-order valence-corrected chi connectivity index (χ4v) is 1.29. The molecule has 18 heavy (non-hydrogen) atoms. The molecule has 0 heterocycles. The van der Waals surface area contributed by atoms with Crippen LogP contribution in [0.4, 0.5) is 0 Å². The number of hydrogen-bond acceptors (Lipinski definition) is 4. The normalized spacial score (nSPS) is 12.0. The van der Waals surface area contributed by atoms with Gasteiger partial charge in [0.05, 0.1) is 33.0 Å². The van der Waals surface area contributed by atoms with Gasteiger partial charge in [-0.3, -0.25) is 0 Å². The minimum atomic E-state index is 0.335. The second-order valence-corrected chi connectivity index (χ2v) is 5.57. The Bertz CT molecular complexity index is 169. The van der Waals surface area contributed by atoms with Gasteiger partial charge >= 0.3 is 0 Å². The van der Waals surface area contributed by atoms with Crippen LogP contribution in [0.1, 0.15) is 34.1 Å². The Labute approximate surface area is 112 Å². The predicted molar refractivity (Wildman–Crippen MR) is 75.1 cm³/mol. The third-order valence-corrected chi connectivity index (χ3v) is 2.17. The topological polar surface area (TPSA) is 39.7 Å². The van der Waals surface area contributed by atoms with E-state index >= 15 is 0 Å². The summed E-state index contributed by atoms with van der Waals surface area (Å²) in [5.41, 5.74) is 0.335. The summed E-state index contributed by atoms with van der Waals surface area (Å²) in [4.78, 5) is 0. The summed E-state index contributed by atoms with van der Waals surface area (Å²) in [6.07, 6.45) is 1.06. The Kier molecular flexibility index (Phi) is 11.8. The van der Waals surface area contributed by atoms with E-state index in [2.05, 4.69) is 33.0 Å². The van der Waals surface area contributed by atoms with Crippen molar-refractivity contribution in [1.82, 2.24) is 5.32 Å². The van der Waals surface area contributed by atoms with Crippen molar-refractivity contribution in [3.8, 4) is 0 Å². The highest BCUT2D eigenvalue weighted by molar-refractivity contribution is 4.64. The lowest BCUT2D eigenvalue weighted by atomic mass is 9.97. The van der Waals surface area contributed by atoms with Gasteiger partial charge in [-0.15, -0.1) is 0 Å². The van der Waals surface area contributed by atoms with Crippen molar-refractivity contribution in [3.63, 3.8) is 0 Å². The van der Waals surface area contributed by atoms with Crippen molar-refractivity contribution >= 4 is 0 Å². The van der Waals surface area contributed by atoms with Crippen LogP contribution in [0.5, 0.6) is 0 Å². The molecule has 1 N–H and O–H groups in total. The van der Waals surface area contributed by atoms with Crippen molar-refractivity contribution in [2.45, 2.75) is 34.1 Å². The standard InChI is InChI=1S/C14H31NO3/c1-5-7-16-9-11-18-12-10-17-8-6-15-13-14(2,3)4/h15H,5-13H2,1-4H3. The summed E-state index contributed by atoms with van der Waals surface area (Å²) in [5, 5.41) is 3.36. The Hall–Kier alpha value is -0.160. The van der Waals surface area contributed by atoms with Crippen LogP contribution in [0.25, 0.3) is 0 Å². The van der Waals surface area contributed by atoms with E-state index in [0.717, 1.165) is 32.7 Å². The molecule has 0 radical (unpaired) electrons. The van der Waals surface area contributed by atoms with Crippen LogP contribution < -0.4 is 5.32 Å². The van der Waals surface area contributed by atoms with Crippen molar-refractivity contribution < 1.29 is 14.2 Å². The van der Waals surface area contributed by atoms with Crippen LogP contribution >= 0.6 is 0 Å². The lowest BCUT2D eigenvalue weighted by Crippen LogP contribution is -2.29. The molecule has 4 nitrogen and oxygen atoms in total. The van der Waals surface area contributed by atoms with Gasteiger partial charge < -0.3 is 19.5 Å². The second kappa shape index (κ2) is 11.9. The number of ether oxygens (including phenoxy) is 3. The van der Waals surface area contributed by atoms with E-state index in [1.807, 2.05) is 0 Å². The Morgan fingerprint density at radius 2 is 1.28 bits per heavy atom. The highest BCUT2D eigenvalue weighted by atomic mass is 16.5. The molecular weight excluding hydrogens is 230 g/mol. The molecule has 0 aromatic heterocycles. The molecular formula is C14H31NO3. The van der Waals surface area contributed by atoms with Crippen LogP contribution in [-0.2, 0) is 14.2 Å². The second-order valence-electron chi connectivity index (χ2n) is 5.57. The predicted octanol–water partition coefficient (Wildman–Crippen LogP) is 2.08. The summed E-state index contributed by atoms with van der Waals surface area (Å²) < 4.78 is 16.1. The fraction of sp³-hybridized carbons (Fsp3) is 1.00. The molecule has 0 rings (SSSR count). The molecule has 0 unspecified atom stereocenters. The maximum Gasteiger partial charge on any atom is 0.0701 e. The molecule has 0 aromatic carbocycles. The first kappa shape index (κ1) is 17.8. The van der Waals surface area contributed by atoms with Crippen LogP contribution in [0.2, 0.25) is 0 Å². The van der Waals surface area contributed by atoms with E-state index in [1.165, 1.54) is 0 Å².